The molecule has 5 heteroatoms. The third kappa shape index (κ3) is 6.68. The lowest BCUT2D eigenvalue weighted by Crippen LogP contribution is -2.46. The first-order chi connectivity index (χ1) is 12.6. The Morgan fingerprint density at radius 1 is 1.19 bits per heavy atom. The number of aliphatic hydroxyl groups is 1. The molecule has 1 heterocycles. The van der Waals surface area contributed by atoms with Crippen molar-refractivity contribution < 1.29 is 19.0 Å². The van der Waals surface area contributed by atoms with Crippen molar-refractivity contribution >= 4 is 8.32 Å². The third-order valence-electron chi connectivity index (χ3n) is 6.17. The second-order valence-corrected chi connectivity index (χ2v) is 14.2. The van der Waals surface area contributed by atoms with Gasteiger partial charge in [0.15, 0.2) is 8.32 Å². The quantitative estimate of drug-likeness (QED) is 0.645. The molecule has 1 fully saturated rings. The molecule has 4 nitrogen and oxygen atoms in total. The maximum absolute atomic E-state index is 10.5. The van der Waals surface area contributed by atoms with Crippen LogP contribution in [0.5, 0.6) is 0 Å². The standard InChI is InChI=1S/C22H38O4Si/c1-17-20(23)14-19(12-13-25-27(5,6)22(2,3)4)26-21(17)16-24-15-18-10-8-7-9-11-18/h7-11,17,19-21,23H,12-16H2,1-6H3/t17-,19+,20+,21-/m1/s1. The molecular formula is C22H38O4Si. The van der Waals surface area contributed by atoms with Gasteiger partial charge in [-0.3, -0.25) is 0 Å². The van der Waals surface area contributed by atoms with Gasteiger partial charge in [0.05, 0.1) is 31.5 Å². The monoisotopic (exact) mass is 394 g/mol. The Hall–Kier alpha value is -0.723. The van der Waals surface area contributed by atoms with E-state index in [9.17, 15) is 5.11 Å². The minimum Gasteiger partial charge on any atom is -0.417 e. The molecule has 0 aromatic heterocycles. The maximum Gasteiger partial charge on any atom is 0.191 e. The highest BCUT2D eigenvalue weighted by atomic mass is 28.4. The normalized spacial score (nSPS) is 26.9. The highest BCUT2D eigenvalue weighted by molar-refractivity contribution is 6.74. The molecule has 1 saturated heterocycles. The summed E-state index contributed by atoms with van der Waals surface area (Å²) in [7, 11) is -1.74. The highest BCUT2D eigenvalue weighted by Gasteiger charge is 2.38. The Bertz CT molecular complexity index is 555. The Kier molecular flexibility index (Phi) is 8.07. The van der Waals surface area contributed by atoms with E-state index in [1.165, 1.54) is 0 Å². The zero-order valence-electron chi connectivity index (χ0n) is 17.9. The van der Waals surface area contributed by atoms with E-state index in [0.29, 0.717) is 26.2 Å². The molecule has 0 bridgehead atoms. The van der Waals surface area contributed by atoms with E-state index in [0.717, 1.165) is 12.0 Å². The Labute approximate surface area is 166 Å². The van der Waals surface area contributed by atoms with Gasteiger partial charge in [0, 0.05) is 12.5 Å². The second-order valence-electron chi connectivity index (χ2n) is 9.36. The van der Waals surface area contributed by atoms with Crippen molar-refractivity contribution in [1.82, 2.24) is 0 Å². The van der Waals surface area contributed by atoms with Crippen LogP contribution in [0.3, 0.4) is 0 Å². The Balaban J connectivity index is 1.80. The zero-order valence-corrected chi connectivity index (χ0v) is 18.9. The van der Waals surface area contributed by atoms with Gasteiger partial charge in [-0.05, 0) is 36.5 Å². The van der Waals surface area contributed by atoms with Crippen LogP contribution in [0.25, 0.3) is 0 Å². The fourth-order valence-corrected chi connectivity index (χ4v) is 4.13. The zero-order chi connectivity index (χ0) is 20.1. The van der Waals surface area contributed by atoms with E-state index in [4.69, 9.17) is 13.9 Å². The van der Waals surface area contributed by atoms with E-state index in [2.05, 4.69) is 46.0 Å². The largest absolute Gasteiger partial charge is 0.417 e. The topological polar surface area (TPSA) is 47.9 Å². The summed E-state index contributed by atoms with van der Waals surface area (Å²) < 4.78 is 18.4. The van der Waals surface area contributed by atoms with Gasteiger partial charge in [-0.1, -0.05) is 58.0 Å². The van der Waals surface area contributed by atoms with E-state index < -0.39 is 8.32 Å². The molecule has 0 aliphatic carbocycles. The van der Waals surface area contributed by atoms with Crippen LogP contribution >= 0.6 is 0 Å². The molecule has 1 aliphatic heterocycles. The van der Waals surface area contributed by atoms with Crippen LogP contribution in [0, 0.1) is 5.92 Å². The predicted molar refractivity (Wildman–Crippen MR) is 112 cm³/mol. The van der Waals surface area contributed by atoms with E-state index >= 15 is 0 Å². The van der Waals surface area contributed by atoms with Crippen LogP contribution in [0.1, 0.15) is 46.1 Å². The van der Waals surface area contributed by atoms with Crippen LogP contribution in [0.2, 0.25) is 18.1 Å². The molecule has 1 aromatic carbocycles. The summed E-state index contributed by atoms with van der Waals surface area (Å²) in [6, 6.07) is 10.1. The average molecular weight is 395 g/mol. The van der Waals surface area contributed by atoms with Gasteiger partial charge >= 0.3 is 0 Å². The molecule has 154 valence electrons. The van der Waals surface area contributed by atoms with Crippen molar-refractivity contribution in [2.45, 2.75) is 83.6 Å². The molecule has 1 aromatic rings. The molecule has 0 amide bonds. The van der Waals surface area contributed by atoms with Crippen LogP contribution in [-0.2, 0) is 20.5 Å². The Morgan fingerprint density at radius 2 is 1.85 bits per heavy atom. The molecule has 2 rings (SSSR count). The second kappa shape index (κ2) is 9.66. The number of rotatable bonds is 8. The van der Waals surface area contributed by atoms with Gasteiger partial charge in [-0.25, -0.2) is 0 Å². The first-order valence-electron chi connectivity index (χ1n) is 10.2. The average Bonchev–Trinajstić information content (AvgIpc) is 2.59. The number of ether oxygens (including phenoxy) is 2. The Morgan fingerprint density at radius 3 is 2.48 bits per heavy atom. The van der Waals surface area contributed by atoms with E-state index in [-0.39, 0.29) is 29.3 Å². The van der Waals surface area contributed by atoms with Crippen LogP contribution in [-0.4, -0.2) is 44.9 Å². The summed E-state index contributed by atoms with van der Waals surface area (Å²) in [6.45, 7) is 15.1. The fourth-order valence-electron chi connectivity index (χ4n) is 3.06. The van der Waals surface area contributed by atoms with Crippen molar-refractivity contribution in [3.63, 3.8) is 0 Å². The summed E-state index contributed by atoms with van der Waals surface area (Å²) in [5, 5.41) is 10.7. The summed E-state index contributed by atoms with van der Waals surface area (Å²) in [5.41, 5.74) is 1.15. The van der Waals surface area contributed by atoms with Gasteiger partial charge in [0.2, 0.25) is 0 Å². The fraction of sp³-hybridized carbons (Fsp3) is 0.727. The number of benzene rings is 1. The molecule has 0 saturated carbocycles. The number of hydrogen-bond donors (Lipinski definition) is 1. The predicted octanol–water partition coefficient (Wildman–Crippen LogP) is 4.77. The minimum atomic E-state index is -1.74. The van der Waals surface area contributed by atoms with Crippen molar-refractivity contribution in [3.8, 4) is 0 Å². The van der Waals surface area contributed by atoms with Gasteiger partial charge in [0.1, 0.15) is 0 Å². The van der Waals surface area contributed by atoms with Crippen molar-refractivity contribution in [2.75, 3.05) is 13.2 Å². The molecule has 27 heavy (non-hydrogen) atoms. The van der Waals surface area contributed by atoms with Crippen LogP contribution in [0.15, 0.2) is 30.3 Å². The molecule has 0 radical (unpaired) electrons. The lowest BCUT2D eigenvalue weighted by molar-refractivity contribution is -0.157. The maximum atomic E-state index is 10.5. The minimum absolute atomic E-state index is 0.0336. The molecule has 0 unspecified atom stereocenters. The van der Waals surface area contributed by atoms with Gasteiger partial charge in [0.25, 0.3) is 0 Å². The lowest BCUT2D eigenvalue weighted by atomic mass is 9.90. The van der Waals surface area contributed by atoms with E-state index in [1.54, 1.807) is 0 Å². The summed E-state index contributed by atoms with van der Waals surface area (Å²) >= 11 is 0. The summed E-state index contributed by atoms with van der Waals surface area (Å²) in [6.07, 6.45) is 1.12. The highest BCUT2D eigenvalue weighted by Crippen LogP contribution is 2.37. The van der Waals surface area contributed by atoms with Crippen LogP contribution < -0.4 is 0 Å². The molecule has 1 N–H and O–H groups in total. The van der Waals surface area contributed by atoms with E-state index in [1.807, 2.05) is 25.1 Å². The first kappa shape index (κ1) is 22.6. The van der Waals surface area contributed by atoms with Crippen molar-refractivity contribution in [1.29, 1.82) is 0 Å². The smallest absolute Gasteiger partial charge is 0.191 e. The summed E-state index contributed by atoms with van der Waals surface area (Å²) in [5.74, 6) is 0.0818. The SMILES string of the molecule is C[C@@H]1[C@@H](O)C[C@H](CCO[Si](C)(C)C(C)(C)C)O[C@@H]1COCc1ccccc1. The van der Waals surface area contributed by atoms with Gasteiger partial charge < -0.3 is 19.0 Å². The molecule has 4 atom stereocenters. The third-order valence-corrected chi connectivity index (χ3v) is 10.7. The molecule has 1 aliphatic rings. The van der Waals surface area contributed by atoms with Crippen LogP contribution in [0.4, 0.5) is 0 Å². The first-order valence-corrected chi connectivity index (χ1v) is 13.1. The van der Waals surface area contributed by atoms with Crippen molar-refractivity contribution in [3.05, 3.63) is 35.9 Å². The number of hydrogen-bond acceptors (Lipinski definition) is 4. The lowest BCUT2D eigenvalue weighted by Gasteiger charge is -2.40. The number of aliphatic hydroxyl groups excluding tert-OH is 1. The molecular weight excluding hydrogens is 356 g/mol. The van der Waals surface area contributed by atoms with Crippen molar-refractivity contribution in [2.24, 2.45) is 5.92 Å². The van der Waals surface area contributed by atoms with Gasteiger partial charge in [-0.15, -0.1) is 0 Å². The van der Waals surface area contributed by atoms with Gasteiger partial charge in [-0.2, -0.15) is 0 Å². The summed E-state index contributed by atoms with van der Waals surface area (Å²) in [4.78, 5) is 0. The molecule has 0 spiro atoms.